The number of benzene rings is 2. The molecule has 0 saturated heterocycles. The van der Waals surface area contributed by atoms with Crippen molar-refractivity contribution in [3.05, 3.63) is 60.2 Å². The zero-order chi connectivity index (χ0) is 14.2. The molecule has 0 unspecified atom stereocenters. The van der Waals surface area contributed by atoms with E-state index in [1.807, 2.05) is 54.6 Å². The SMILES string of the molecule is CCC1CC1.N=Cc1cccc(Oc2ccccc2)c1. The second-order valence-corrected chi connectivity index (χ2v) is 4.98. The molecule has 1 N–H and O–H groups in total. The molecule has 2 aromatic rings. The van der Waals surface area contributed by atoms with Gasteiger partial charge in [0.1, 0.15) is 11.5 Å². The average Bonchev–Trinajstić information content (AvgIpc) is 3.33. The first-order valence-corrected chi connectivity index (χ1v) is 7.15. The Bertz CT molecular complexity index is 532. The summed E-state index contributed by atoms with van der Waals surface area (Å²) < 4.78 is 5.62. The summed E-state index contributed by atoms with van der Waals surface area (Å²) in [7, 11) is 0. The van der Waals surface area contributed by atoms with Crippen LogP contribution < -0.4 is 4.74 Å². The average molecular weight is 267 g/mol. The number of hydrogen-bond donors (Lipinski definition) is 1. The predicted octanol–water partition coefficient (Wildman–Crippen LogP) is 5.28. The van der Waals surface area contributed by atoms with E-state index in [1.165, 1.54) is 25.5 Å². The van der Waals surface area contributed by atoms with Crippen LogP contribution in [0, 0.1) is 11.3 Å². The quantitative estimate of drug-likeness (QED) is 0.751. The van der Waals surface area contributed by atoms with Crippen molar-refractivity contribution in [1.82, 2.24) is 0 Å². The minimum absolute atomic E-state index is 0.752. The molecule has 0 spiro atoms. The molecule has 0 aliphatic heterocycles. The molecule has 2 aromatic carbocycles. The molecule has 1 aliphatic rings. The van der Waals surface area contributed by atoms with Gasteiger partial charge in [-0.15, -0.1) is 0 Å². The van der Waals surface area contributed by atoms with Crippen molar-refractivity contribution in [3.63, 3.8) is 0 Å². The van der Waals surface area contributed by atoms with Crippen LogP contribution in [0.25, 0.3) is 0 Å². The lowest BCUT2D eigenvalue weighted by Crippen LogP contribution is -1.85. The zero-order valence-corrected chi connectivity index (χ0v) is 11.9. The topological polar surface area (TPSA) is 33.1 Å². The van der Waals surface area contributed by atoms with E-state index in [4.69, 9.17) is 10.1 Å². The van der Waals surface area contributed by atoms with Crippen molar-refractivity contribution in [2.24, 2.45) is 5.92 Å². The summed E-state index contributed by atoms with van der Waals surface area (Å²) in [6.45, 7) is 2.26. The highest BCUT2D eigenvalue weighted by molar-refractivity contribution is 5.77. The molecule has 0 heterocycles. The molecule has 1 fully saturated rings. The van der Waals surface area contributed by atoms with Gasteiger partial charge in [-0.1, -0.05) is 56.5 Å². The predicted molar refractivity (Wildman–Crippen MR) is 83.9 cm³/mol. The summed E-state index contributed by atoms with van der Waals surface area (Å²) >= 11 is 0. The van der Waals surface area contributed by atoms with E-state index in [9.17, 15) is 0 Å². The van der Waals surface area contributed by atoms with Crippen molar-refractivity contribution < 1.29 is 4.74 Å². The summed E-state index contributed by atoms with van der Waals surface area (Å²) in [5, 5.41) is 7.14. The van der Waals surface area contributed by atoms with Crippen LogP contribution in [0.5, 0.6) is 11.5 Å². The molecule has 2 heteroatoms. The molecular weight excluding hydrogens is 246 g/mol. The summed E-state index contributed by atoms with van der Waals surface area (Å²) in [6.07, 6.45) is 5.74. The van der Waals surface area contributed by atoms with Crippen molar-refractivity contribution in [3.8, 4) is 11.5 Å². The fourth-order valence-electron chi connectivity index (χ4n) is 1.82. The van der Waals surface area contributed by atoms with Crippen LogP contribution in [0.1, 0.15) is 31.7 Å². The normalized spacial score (nSPS) is 13.1. The van der Waals surface area contributed by atoms with Gasteiger partial charge in [-0.2, -0.15) is 0 Å². The second-order valence-electron chi connectivity index (χ2n) is 4.98. The smallest absolute Gasteiger partial charge is 0.128 e. The van der Waals surface area contributed by atoms with Gasteiger partial charge in [0, 0.05) is 6.21 Å². The Labute approximate surface area is 120 Å². The highest BCUT2D eigenvalue weighted by Crippen LogP contribution is 2.31. The van der Waals surface area contributed by atoms with Crippen LogP contribution in [-0.4, -0.2) is 6.21 Å². The molecule has 0 atom stereocenters. The number of hydrogen-bond acceptors (Lipinski definition) is 2. The van der Waals surface area contributed by atoms with E-state index in [0.717, 1.165) is 23.0 Å². The number of para-hydroxylation sites is 1. The van der Waals surface area contributed by atoms with Crippen LogP contribution in [0.2, 0.25) is 0 Å². The molecule has 1 aliphatic carbocycles. The summed E-state index contributed by atoms with van der Waals surface area (Å²) in [5.74, 6) is 2.69. The molecule has 3 rings (SSSR count). The monoisotopic (exact) mass is 267 g/mol. The van der Waals surface area contributed by atoms with Gasteiger partial charge in [0.15, 0.2) is 0 Å². The molecule has 104 valence electrons. The standard InChI is InChI=1S/C13H11NO.C5H10/c14-10-11-5-4-8-13(9-11)15-12-6-2-1-3-7-12;1-2-5-3-4-5/h1-10,14H;5H,2-4H2,1H3. The first kappa shape index (κ1) is 14.3. The Morgan fingerprint density at radius 1 is 1.05 bits per heavy atom. The summed E-state index contributed by atoms with van der Waals surface area (Å²) in [4.78, 5) is 0. The van der Waals surface area contributed by atoms with Crippen molar-refractivity contribution in [1.29, 1.82) is 5.41 Å². The number of nitrogens with one attached hydrogen (secondary N) is 1. The van der Waals surface area contributed by atoms with E-state index >= 15 is 0 Å². The third kappa shape index (κ3) is 4.88. The summed E-state index contributed by atoms with van der Waals surface area (Å²) in [5.41, 5.74) is 0.837. The fraction of sp³-hybridized carbons (Fsp3) is 0.278. The van der Waals surface area contributed by atoms with Crippen molar-refractivity contribution in [2.45, 2.75) is 26.2 Å². The van der Waals surface area contributed by atoms with Gasteiger partial charge >= 0.3 is 0 Å². The Kier molecular flexibility index (Phi) is 5.36. The lowest BCUT2D eigenvalue weighted by atomic mass is 10.2. The highest BCUT2D eigenvalue weighted by atomic mass is 16.5. The number of rotatable bonds is 4. The van der Waals surface area contributed by atoms with Crippen LogP contribution in [-0.2, 0) is 0 Å². The van der Waals surface area contributed by atoms with Gasteiger partial charge in [0.25, 0.3) is 0 Å². The van der Waals surface area contributed by atoms with Gasteiger partial charge in [-0.3, -0.25) is 0 Å². The van der Waals surface area contributed by atoms with E-state index in [2.05, 4.69) is 6.92 Å². The Morgan fingerprint density at radius 2 is 1.75 bits per heavy atom. The fourth-order valence-corrected chi connectivity index (χ4v) is 1.82. The van der Waals surface area contributed by atoms with Crippen LogP contribution in [0.15, 0.2) is 54.6 Å². The lowest BCUT2D eigenvalue weighted by molar-refractivity contribution is 0.482. The Hall–Kier alpha value is -2.09. The second kappa shape index (κ2) is 7.49. The van der Waals surface area contributed by atoms with Crippen molar-refractivity contribution >= 4 is 6.21 Å². The number of ether oxygens (including phenoxy) is 1. The maximum Gasteiger partial charge on any atom is 0.128 e. The molecule has 0 radical (unpaired) electrons. The van der Waals surface area contributed by atoms with E-state index < -0.39 is 0 Å². The molecule has 1 saturated carbocycles. The van der Waals surface area contributed by atoms with Crippen LogP contribution in [0.4, 0.5) is 0 Å². The zero-order valence-electron chi connectivity index (χ0n) is 11.9. The Morgan fingerprint density at radius 3 is 2.30 bits per heavy atom. The molecule has 20 heavy (non-hydrogen) atoms. The third-order valence-electron chi connectivity index (χ3n) is 3.28. The van der Waals surface area contributed by atoms with Crippen LogP contribution >= 0.6 is 0 Å². The van der Waals surface area contributed by atoms with Crippen LogP contribution in [0.3, 0.4) is 0 Å². The van der Waals surface area contributed by atoms with Crippen molar-refractivity contribution in [2.75, 3.05) is 0 Å². The molecule has 0 amide bonds. The lowest BCUT2D eigenvalue weighted by Gasteiger charge is -2.05. The minimum Gasteiger partial charge on any atom is -0.457 e. The van der Waals surface area contributed by atoms with Gasteiger partial charge in [0.2, 0.25) is 0 Å². The highest BCUT2D eigenvalue weighted by Gasteiger charge is 2.17. The van der Waals surface area contributed by atoms with Gasteiger partial charge < -0.3 is 10.1 Å². The van der Waals surface area contributed by atoms with E-state index in [0.29, 0.717) is 0 Å². The largest absolute Gasteiger partial charge is 0.457 e. The Balaban J connectivity index is 0.000000247. The maximum absolute atomic E-state index is 7.14. The van der Waals surface area contributed by atoms with Gasteiger partial charge in [0.05, 0.1) is 0 Å². The van der Waals surface area contributed by atoms with E-state index in [1.54, 1.807) is 0 Å². The third-order valence-corrected chi connectivity index (χ3v) is 3.28. The molecule has 0 aromatic heterocycles. The molecule has 0 bridgehead atoms. The van der Waals surface area contributed by atoms with Gasteiger partial charge in [-0.25, -0.2) is 0 Å². The minimum atomic E-state index is 0.752. The molecular formula is C18H21NO. The maximum atomic E-state index is 7.14. The summed E-state index contributed by atoms with van der Waals surface area (Å²) in [6, 6.07) is 17.0. The first-order valence-electron chi connectivity index (χ1n) is 7.15. The molecule has 2 nitrogen and oxygen atoms in total. The van der Waals surface area contributed by atoms with E-state index in [-0.39, 0.29) is 0 Å². The first-order chi connectivity index (χ1) is 9.81. The van der Waals surface area contributed by atoms with Gasteiger partial charge in [-0.05, 0) is 35.7 Å².